The number of fused-ring (bicyclic) bond motifs is 1. The van der Waals surface area contributed by atoms with Crippen molar-refractivity contribution in [3.8, 4) is 0 Å². The van der Waals surface area contributed by atoms with E-state index in [-0.39, 0.29) is 0 Å². The number of hydrogen-bond acceptors (Lipinski definition) is 2. The van der Waals surface area contributed by atoms with Crippen molar-refractivity contribution in [2.45, 2.75) is 51.6 Å². The van der Waals surface area contributed by atoms with Gasteiger partial charge in [0, 0.05) is 28.6 Å². The number of pyridine rings is 1. The van der Waals surface area contributed by atoms with Gasteiger partial charge in [0.05, 0.1) is 5.52 Å². The Hall–Kier alpha value is -0.930. The Morgan fingerprint density at radius 2 is 2.05 bits per heavy atom. The number of hydrogen-bond donors (Lipinski definition) is 1. The maximum Gasteiger partial charge on any atom is 0.0758 e. The lowest BCUT2D eigenvalue weighted by molar-refractivity contribution is 0.281. The van der Waals surface area contributed by atoms with Crippen LogP contribution in [0.4, 0.5) is 0 Å². The van der Waals surface area contributed by atoms with Gasteiger partial charge in [-0.15, -0.1) is 0 Å². The molecule has 0 spiro atoms. The minimum atomic E-state index is 0.590. The number of nitrogens with zero attached hydrogens (tertiary/aromatic N) is 1. The van der Waals surface area contributed by atoms with Gasteiger partial charge < -0.3 is 5.32 Å². The molecule has 1 aliphatic carbocycles. The first-order chi connectivity index (χ1) is 10.3. The normalized spacial score (nSPS) is 18.0. The van der Waals surface area contributed by atoms with Crippen LogP contribution in [0.5, 0.6) is 0 Å². The average Bonchev–Trinajstić information content (AvgIpc) is 2.55. The summed E-state index contributed by atoms with van der Waals surface area (Å²) >= 11 is 3.61. The molecule has 3 rings (SSSR count). The van der Waals surface area contributed by atoms with Crippen LogP contribution in [0.15, 0.2) is 34.9 Å². The SMILES string of the molecule is CC(NCc1ccc(Br)c2cccnc12)C1CCCCC1. The second-order valence-corrected chi connectivity index (χ2v) is 7.03. The smallest absolute Gasteiger partial charge is 0.0758 e. The lowest BCUT2D eigenvalue weighted by Crippen LogP contribution is -2.34. The zero-order valence-electron chi connectivity index (χ0n) is 12.6. The highest BCUT2D eigenvalue weighted by molar-refractivity contribution is 9.10. The minimum absolute atomic E-state index is 0.590. The van der Waals surface area contributed by atoms with Crippen LogP contribution in [0.3, 0.4) is 0 Å². The Balaban J connectivity index is 1.72. The van der Waals surface area contributed by atoms with Gasteiger partial charge in [-0.3, -0.25) is 4.98 Å². The van der Waals surface area contributed by atoms with E-state index in [4.69, 9.17) is 0 Å². The van der Waals surface area contributed by atoms with Crippen LogP contribution in [0.1, 0.15) is 44.6 Å². The van der Waals surface area contributed by atoms with Gasteiger partial charge >= 0.3 is 0 Å². The molecule has 0 aliphatic heterocycles. The quantitative estimate of drug-likeness (QED) is 0.837. The predicted molar refractivity (Wildman–Crippen MR) is 92.3 cm³/mol. The van der Waals surface area contributed by atoms with Gasteiger partial charge in [0.25, 0.3) is 0 Å². The van der Waals surface area contributed by atoms with E-state index in [1.807, 2.05) is 12.3 Å². The molecule has 2 aromatic rings. The zero-order chi connectivity index (χ0) is 14.7. The van der Waals surface area contributed by atoms with Crippen molar-refractivity contribution >= 4 is 26.8 Å². The van der Waals surface area contributed by atoms with E-state index < -0.39 is 0 Å². The second kappa shape index (κ2) is 6.89. The summed E-state index contributed by atoms with van der Waals surface area (Å²) in [4.78, 5) is 4.56. The third-order valence-corrected chi connectivity index (χ3v) is 5.46. The standard InChI is InChI=1S/C18H23BrN2/c1-13(14-6-3-2-4-7-14)21-12-15-9-10-17(19)16-8-5-11-20-18(15)16/h5,8-11,13-14,21H,2-4,6-7,12H2,1H3. The summed E-state index contributed by atoms with van der Waals surface area (Å²) < 4.78 is 1.12. The fourth-order valence-corrected chi connectivity index (χ4v) is 3.86. The van der Waals surface area contributed by atoms with Crippen LogP contribution < -0.4 is 5.32 Å². The Morgan fingerprint density at radius 1 is 1.24 bits per heavy atom. The highest BCUT2D eigenvalue weighted by Crippen LogP contribution is 2.28. The van der Waals surface area contributed by atoms with Gasteiger partial charge in [-0.05, 0) is 43.4 Å². The maximum absolute atomic E-state index is 4.56. The third-order valence-electron chi connectivity index (χ3n) is 4.77. The molecule has 1 fully saturated rings. The van der Waals surface area contributed by atoms with Gasteiger partial charge in [-0.2, -0.15) is 0 Å². The lowest BCUT2D eigenvalue weighted by Gasteiger charge is -2.28. The predicted octanol–water partition coefficient (Wildman–Crippen LogP) is 5.06. The molecule has 1 aliphatic rings. The molecule has 21 heavy (non-hydrogen) atoms. The summed E-state index contributed by atoms with van der Waals surface area (Å²) in [5.74, 6) is 0.841. The van der Waals surface area contributed by atoms with Crippen LogP contribution in [0.2, 0.25) is 0 Å². The molecular weight excluding hydrogens is 324 g/mol. The van der Waals surface area contributed by atoms with Crippen molar-refractivity contribution in [2.75, 3.05) is 0 Å². The molecule has 0 amide bonds. The molecule has 2 nitrogen and oxygen atoms in total. The van der Waals surface area contributed by atoms with Crippen LogP contribution in [0, 0.1) is 5.92 Å². The van der Waals surface area contributed by atoms with Gasteiger partial charge in [-0.25, -0.2) is 0 Å². The first-order valence-corrected chi connectivity index (χ1v) is 8.80. The number of benzene rings is 1. The van der Waals surface area contributed by atoms with Crippen molar-refractivity contribution in [3.05, 3.63) is 40.5 Å². The van der Waals surface area contributed by atoms with Crippen LogP contribution in [-0.4, -0.2) is 11.0 Å². The summed E-state index contributed by atoms with van der Waals surface area (Å²) in [5, 5.41) is 4.92. The highest BCUT2D eigenvalue weighted by Gasteiger charge is 2.19. The van der Waals surface area contributed by atoms with Crippen LogP contribution in [-0.2, 0) is 6.54 Å². The molecule has 1 heterocycles. The van der Waals surface area contributed by atoms with Crippen LogP contribution >= 0.6 is 15.9 Å². The van der Waals surface area contributed by atoms with Crippen molar-refractivity contribution in [3.63, 3.8) is 0 Å². The molecule has 1 unspecified atom stereocenters. The highest BCUT2D eigenvalue weighted by atomic mass is 79.9. The van der Waals surface area contributed by atoms with E-state index in [0.29, 0.717) is 6.04 Å². The Labute approximate surface area is 135 Å². The number of halogens is 1. The van der Waals surface area contributed by atoms with Gasteiger partial charge in [-0.1, -0.05) is 47.3 Å². The van der Waals surface area contributed by atoms with Crippen molar-refractivity contribution in [2.24, 2.45) is 5.92 Å². The van der Waals surface area contributed by atoms with E-state index in [0.717, 1.165) is 22.5 Å². The first kappa shape index (κ1) is 15.0. The summed E-state index contributed by atoms with van der Waals surface area (Å²) in [7, 11) is 0. The topological polar surface area (TPSA) is 24.9 Å². The monoisotopic (exact) mass is 346 g/mol. The van der Waals surface area contributed by atoms with E-state index in [1.54, 1.807) is 0 Å². The molecule has 3 heteroatoms. The Kier molecular flexibility index (Phi) is 4.91. The van der Waals surface area contributed by atoms with E-state index in [2.05, 4.69) is 51.4 Å². The molecule has 0 saturated heterocycles. The molecule has 1 atom stereocenters. The number of nitrogens with one attached hydrogen (secondary N) is 1. The summed E-state index contributed by atoms with van der Waals surface area (Å²) in [6.45, 7) is 3.24. The maximum atomic E-state index is 4.56. The average molecular weight is 347 g/mol. The molecule has 112 valence electrons. The summed E-state index contributed by atoms with van der Waals surface area (Å²) in [6, 6.07) is 9.02. The van der Waals surface area contributed by atoms with Crippen LogP contribution in [0.25, 0.3) is 10.9 Å². The van der Waals surface area contributed by atoms with E-state index in [9.17, 15) is 0 Å². The number of rotatable bonds is 4. The molecule has 1 aromatic heterocycles. The second-order valence-electron chi connectivity index (χ2n) is 6.17. The van der Waals surface area contributed by atoms with Crippen molar-refractivity contribution < 1.29 is 0 Å². The van der Waals surface area contributed by atoms with E-state index in [1.165, 1.54) is 43.1 Å². The molecule has 0 bridgehead atoms. The Morgan fingerprint density at radius 3 is 2.86 bits per heavy atom. The third kappa shape index (κ3) is 3.46. The van der Waals surface area contributed by atoms with Gasteiger partial charge in [0.15, 0.2) is 0 Å². The molecule has 0 radical (unpaired) electrons. The largest absolute Gasteiger partial charge is 0.310 e. The van der Waals surface area contributed by atoms with Crippen molar-refractivity contribution in [1.82, 2.24) is 10.3 Å². The number of aromatic nitrogens is 1. The molecule has 1 saturated carbocycles. The first-order valence-electron chi connectivity index (χ1n) is 8.01. The fourth-order valence-electron chi connectivity index (χ4n) is 3.41. The molecular formula is C18H23BrN2. The molecule has 1 N–H and O–H groups in total. The van der Waals surface area contributed by atoms with E-state index >= 15 is 0 Å². The fraction of sp³-hybridized carbons (Fsp3) is 0.500. The minimum Gasteiger partial charge on any atom is -0.310 e. The lowest BCUT2D eigenvalue weighted by atomic mass is 9.84. The summed E-state index contributed by atoms with van der Waals surface area (Å²) in [5.41, 5.74) is 2.40. The van der Waals surface area contributed by atoms with Gasteiger partial charge in [0.1, 0.15) is 0 Å². The zero-order valence-corrected chi connectivity index (χ0v) is 14.2. The van der Waals surface area contributed by atoms with Crippen molar-refractivity contribution in [1.29, 1.82) is 0 Å². The summed E-state index contributed by atoms with van der Waals surface area (Å²) in [6.07, 6.45) is 8.87. The van der Waals surface area contributed by atoms with Gasteiger partial charge in [0.2, 0.25) is 0 Å². The molecule has 1 aromatic carbocycles. The Bertz CT molecular complexity index is 605.